The first-order valence-electron chi connectivity index (χ1n) is 5.36. The molecule has 0 fully saturated rings. The van der Waals surface area contributed by atoms with E-state index in [1.165, 1.54) is 23.9 Å². The Hall–Kier alpha value is -2.73. The number of aryl methyl sites for hydroxylation is 1. The predicted molar refractivity (Wildman–Crippen MR) is 68.0 cm³/mol. The average Bonchev–Trinajstić information content (AvgIpc) is 2.80. The minimum Gasteiger partial charge on any atom is -0.265 e. The lowest BCUT2D eigenvalue weighted by Crippen LogP contribution is -2.02. The largest absolute Gasteiger partial charge is 0.358 e. The van der Waals surface area contributed by atoms with E-state index < -0.39 is 10.1 Å². The van der Waals surface area contributed by atoms with Crippen LogP contribution in [-0.4, -0.2) is 29.6 Å². The number of benzene rings is 1. The Morgan fingerprint density at radius 2 is 2.10 bits per heavy atom. The van der Waals surface area contributed by atoms with Crippen LogP contribution < -0.4 is 0 Å². The van der Waals surface area contributed by atoms with Gasteiger partial charge in [0, 0.05) is 7.05 Å². The van der Waals surface area contributed by atoms with Crippen molar-refractivity contribution in [1.29, 1.82) is 5.26 Å². The molecule has 0 unspecified atom stereocenters. The highest BCUT2D eigenvalue weighted by atomic mass is 32.2. The van der Waals surface area contributed by atoms with E-state index in [4.69, 9.17) is 5.26 Å². The number of nitrogens with zero attached hydrogens (tertiary/aromatic N) is 5. The van der Waals surface area contributed by atoms with Crippen molar-refractivity contribution in [2.45, 2.75) is 4.90 Å². The molecule has 2 rings (SSSR count). The molecular formula is C11H9N5O3S. The Balaban J connectivity index is 2.17. The highest BCUT2D eigenvalue weighted by Gasteiger charge is 2.15. The van der Waals surface area contributed by atoms with Crippen molar-refractivity contribution in [1.82, 2.24) is 15.0 Å². The molecule has 8 nitrogen and oxygen atoms in total. The second kappa shape index (κ2) is 5.50. The summed E-state index contributed by atoms with van der Waals surface area (Å²) < 4.78 is 29.2. The Kier molecular flexibility index (Phi) is 3.76. The summed E-state index contributed by atoms with van der Waals surface area (Å²) in [6, 6.07) is 9.44. The first-order valence-corrected chi connectivity index (χ1v) is 6.77. The Morgan fingerprint density at radius 3 is 2.75 bits per heavy atom. The van der Waals surface area contributed by atoms with Crippen LogP contribution >= 0.6 is 0 Å². The zero-order chi connectivity index (χ0) is 14.6. The van der Waals surface area contributed by atoms with Crippen molar-refractivity contribution < 1.29 is 12.7 Å². The van der Waals surface area contributed by atoms with E-state index in [0.717, 1.165) is 6.21 Å². The van der Waals surface area contributed by atoms with Gasteiger partial charge >= 0.3 is 10.1 Å². The Morgan fingerprint density at radius 1 is 1.40 bits per heavy atom. The van der Waals surface area contributed by atoms with Crippen molar-refractivity contribution >= 4 is 16.3 Å². The molecule has 0 radical (unpaired) electrons. The standard InChI is InChI=1S/C11H9N5O3S/c1-16-11(7-12)10(14-15-16)8-13-19-20(17,18)9-5-3-2-4-6-9/h2-6,8H,1H3. The molecule has 20 heavy (non-hydrogen) atoms. The molecule has 0 spiro atoms. The maximum absolute atomic E-state index is 11.7. The summed E-state index contributed by atoms with van der Waals surface area (Å²) in [5, 5.41) is 19.4. The molecule has 1 heterocycles. The van der Waals surface area contributed by atoms with Gasteiger partial charge in [0.25, 0.3) is 0 Å². The highest BCUT2D eigenvalue weighted by molar-refractivity contribution is 7.86. The minimum atomic E-state index is -3.98. The molecule has 0 saturated carbocycles. The van der Waals surface area contributed by atoms with E-state index >= 15 is 0 Å². The second-order valence-corrected chi connectivity index (χ2v) is 5.16. The molecule has 1 aromatic heterocycles. The van der Waals surface area contributed by atoms with Crippen LogP contribution in [0.2, 0.25) is 0 Å². The predicted octanol–water partition coefficient (Wildman–Crippen LogP) is 0.426. The van der Waals surface area contributed by atoms with Gasteiger partial charge in [-0.25, -0.2) is 4.68 Å². The van der Waals surface area contributed by atoms with Gasteiger partial charge in [-0.3, -0.25) is 4.28 Å². The number of rotatable bonds is 4. The number of aromatic nitrogens is 3. The van der Waals surface area contributed by atoms with E-state index in [-0.39, 0.29) is 16.3 Å². The summed E-state index contributed by atoms with van der Waals surface area (Å²) in [5.74, 6) is 0. The van der Waals surface area contributed by atoms with E-state index in [9.17, 15) is 8.42 Å². The second-order valence-electron chi connectivity index (χ2n) is 3.63. The van der Waals surface area contributed by atoms with Crippen molar-refractivity contribution in [3.63, 3.8) is 0 Å². The number of nitriles is 1. The molecule has 0 amide bonds. The van der Waals surface area contributed by atoms with Crippen LogP contribution in [0, 0.1) is 11.3 Å². The van der Waals surface area contributed by atoms with Gasteiger partial charge in [0.15, 0.2) is 5.69 Å². The maximum atomic E-state index is 11.7. The monoisotopic (exact) mass is 291 g/mol. The highest BCUT2D eigenvalue weighted by Crippen LogP contribution is 2.11. The number of hydrogen-bond acceptors (Lipinski definition) is 7. The van der Waals surface area contributed by atoms with Crippen molar-refractivity contribution in [2.75, 3.05) is 0 Å². The first kappa shape index (κ1) is 13.7. The summed E-state index contributed by atoms with van der Waals surface area (Å²) in [6.45, 7) is 0. The fourth-order valence-corrected chi connectivity index (χ4v) is 2.08. The third-order valence-electron chi connectivity index (χ3n) is 2.31. The van der Waals surface area contributed by atoms with Gasteiger partial charge in [0.1, 0.15) is 16.7 Å². The summed E-state index contributed by atoms with van der Waals surface area (Å²) in [6.07, 6.45) is 1.02. The van der Waals surface area contributed by atoms with Crippen LogP contribution in [0.5, 0.6) is 0 Å². The Bertz CT molecular complexity index is 774. The molecule has 0 atom stereocenters. The van der Waals surface area contributed by atoms with Crippen molar-refractivity contribution in [3.05, 3.63) is 41.7 Å². The number of oxime groups is 1. The van der Waals surface area contributed by atoms with Crippen LogP contribution in [0.25, 0.3) is 0 Å². The Labute approximate surface area is 115 Å². The summed E-state index contributed by atoms with van der Waals surface area (Å²) >= 11 is 0. The number of hydrogen-bond donors (Lipinski definition) is 0. The lowest BCUT2D eigenvalue weighted by Gasteiger charge is -1.99. The molecule has 0 aliphatic rings. The maximum Gasteiger partial charge on any atom is 0.358 e. The van der Waals surface area contributed by atoms with Crippen LogP contribution in [-0.2, 0) is 21.4 Å². The summed E-state index contributed by atoms with van der Waals surface area (Å²) in [4.78, 5) is -0.0168. The van der Waals surface area contributed by atoms with Crippen LogP contribution in [0.4, 0.5) is 0 Å². The van der Waals surface area contributed by atoms with Crippen molar-refractivity contribution in [2.24, 2.45) is 12.2 Å². The lowest BCUT2D eigenvalue weighted by molar-refractivity contribution is 0.341. The van der Waals surface area contributed by atoms with Gasteiger partial charge in [0.2, 0.25) is 0 Å². The average molecular weight is 291 g/mol. The molecule has 0 N–H and O–H groups in total. The fourth-order valence-electron chi connectivity index (χ4n) is 1.35. The van der Waals surface area contributed by atoms with Gasteiger partial charge in [0.05, 0.1) is 6.21 Å². The molecule has 0 aliphatic heterocycles. The molecular weight excluding hydrogens is 282 g/mol. The zero-order valence-corrected chi connectivity index (χ0v) is 11.1. The topological polar surface area (TPSA) is 110 Å². The molecule has 1 aromatic carbocycles. The van der Waals surface area contributed by atoms with Crippen LogP contribution in [0.15, 0.2) is 40.4 Å². The molecule has 2 aromatic rings. The van der Waals surface area contributed by atoms with Gasteiger partial charge in [-0.2, -0.15) is 13.7 Å². The third-order valence-corrected chi connectivity index (χ3v) is 3.44. The van der Waals surface area contributed by atoms with Gasteiger partial charge < -0.3 is 0 Å². The van der Waals surface area contributed by atoms with E-state index in [0.29, 0.717) is 0 Å². The van der Waals surface area contributed by atoms with Crippen LogP contribution in [0.3, 0.4) is 0 Å². The third kappa shape index (κ3) is 2.81. The van der Waals surface area contributed by atoms with Gasteiger partial charge in [-0.1, -0.05) is 28.6 Å². The van der Waals surface area contributed by atoms with E-state index in [2.05, 4.69) is 19.8 Å². The van der Waals surface area contributed by atoms with Crippen molar-refractivity contribution in [3.8, 4) is 6.07 Å². The van der Waals surface area contributed by atoms with Gasteiger partial charge in [-0.15, -0.1) is 5.10 Å². The molecule has 102 valence electrons. The SMILES string of the molecule is Cn1nnc(C=NOS(=O)(=O)c2ccccc2)c1C#N. The smallest absolute Gasteiger partial charge is 0.265 e. The van der Waals surface area contributed by atoms with Crippen LogP contribution in [0.1, 0.15) is 11.4 Å². The normalized spacial score (nSPS) is 11.4. The van der Waals surface area contributed by atoms with E-state index in [1.54, 1.807) is 18.2 Å². The molecule has 9 heteroatoms. The van der Waals surface area contributed by atoms with E-state index in [1.807, 2.05) is 6.07 Å². The fraction of sp³-hybridized carbons (Fsp3) is 0.0909. The molecule has 0 saturated heterocycles. The zero-order valence-electron chi connectivity index (χ0n) is 10.3. The summed E-state index contributed by atoms with van der Waals surface area (Å²) in [5.41, 5.74) is 0.271. The van der Waals surface area contributed by atoms with Gasteiger partial charge in [-0.05, 0) is 12.1 Å². The molecule has 0 aliphatic carbocycles. The minimum absolute atomic E-state index is 0.0168. The molecule has 0 bridgehead atoms. The summed E-state index contributed by atoms with van der Waals surface area (Å²) in [7, 11) is -2.45. The lowest BCUT2D eigenvalue weighted by atomic mass is 10.3. The quantitative estimate of drug-likeness (QED) is 0.596. The first-order chi connectivity index (χ1) is 9.54.